The zero-order chi connectivity index (χ0) is 17.7. The van der Waals surface area contributed by atoms with Crippen LogP contribution in [0.1, 0.15) is 16.7 Å². The van der Waals surface area contributed by atoms with Crippen LogP contribution in [0.4, 0.5) is 5.69 Å². The van der Waals surface area contributed by atoms with Crippen molar-refractivity contribution in [2.24, 2.45) is 0 Å². The molecule has 0 unspecified atom stereocenters. The third kappa shape index (κ3) is 4.25. The zero-order valence-electron chi connectivity index (χ0n) is 13.4. The van der Waals surface area contributed by atoms with Gasteiger partial charge in [0.2, 0.25) is 0 Å². The summed E-state index contributed by atoms with van der Waals surface area (Å²) in [6.45, 7) is 0. The standard InChI is InChI=1S/C20H16N2O2S/c21-15-17-9-11-20(12-10-17)25(23,24)22-19-8-4-7-18(14-19)13-16-5-2-1-3-6-16/h1-12,14,22H,13H2. The minimum atomic E-state index is -3.69. The van der Waals surface area contributed by atoms with Gasteiger partial charge in [-0.2, -0.15) is 5.26 Å². The molecule has 0 saturated carbocycles. The van der Waals surface area contributed by atoms with E-state index in [2.05, 4.69) is 4.72 Å². The quantitative estimate of drug-likeness (QED) is 0.759. The van der Waals surface area contributed by atoms with Gasteiger partial charge in [0.1, 0.15) is 0 Å². The van der Waals surface area contributed by atoms with Crippen molar-refractivity contribution < 1.29 is 8.42 Å². The molecule has 124 valence electrons. The number of nitriles is 1. The minimum absolute atomic E-state index is 0.125. The molecule has 5 heteroatoms. The van der Waals surface area contributed by atoms with E-state index in [-0.39, 0.29) is 4.90 Å². The summed E-state index contributed by atoms with van der Waals surface area (Å²) in [5, 5.41) is 8.80. The van der Waals surface area contributed by atoms with Gasteiger partial charge in [-0.1, -0.05) is 42.5 Å². The van der Waals surface area contributed by atoms with Crippen molar-refractivity contribution in [3.63, 3.8) is 0 Å². The highest BCUT2D eigenvalue weighted by molar-refractivity contribution is 7.92. The normalized spacial score (nSPS) is 10.8. The Hall–Kier alpha value is -3.10. The molecular weight excluding hydrogens is 332 g/mol. The van der Waals surface area contributed by atoms with E-state index >= 15 is 0 Å². The van der Waals surface area contributed by atoms with Gasteiger partial charge in [0.05, 0.1) is 16.5 Å². The van der Waals surface area contributed by atoms with Gasteiger partial charge in [-0.15, -0.1) is 0 Å². The lowest BCUT2D eigenvalue weighted by Gasteiger charge is -2.10. The Bertz CT molecular complexity index is 1010. The van der Waals surface area contributed by atoms with Gasteiger partial charge in [-0.05, 0) is 53.9 Å². The molecule has 1 N–H and O–H groups in total. The molecule has 3 rings (SSSR count). The molecule has 0 saturated heterocycles. The van der Waals surface area contributed by atoms with Gasteiger partial charge >= 0.3 is 0 Å². The van der Waals surface area contributed by atoms with Crippen molar-refractivity contribution in [1.29, 1.82) is 5.26 Å². The Morgan fingerprint density at radius 1 is 0.840 bits per heavy atom. The van der Waals surface area contributed by atoms with Gasteiger partial charge in [-0.3, -0.25) is 4.72 Å². The molecule has 4 nitrogen and oxygen atoms in total. The van der Waals surface area contributed by atoms with Gasteiger partial charge < -0.3 is 0 Å². The van der Waals surface area contributed by atoms with Crippen LogP contribution in [0.2, 0.25) is 0 Å². The second-order valence-electron chi connectivity index (χ2n) is 5.60. The molecule has 0 heterocycles. The van der Waals surface area contributed by atoms with Crippen LogP contribution in [0.15, 0.2) is 83.8 Å². The summed E-state index contributed by atoms with van der Waals surface area (Å²) < 4.78 is 27.5. The molecule has 0 aromatic heterocycles. The molecule has 0 radical (unpaired) electrons. The van der Waals surface area contributed by atoms with Crippen molar-refractivity contribution >= 4 is 15.7 Å². The van der Waals surface area contributed by atoms with Crippen LogP contribution >= 0.6 is 0 Å². The van der Waals surface area contributed by atoms with Crippen LogP contribution in [-0.2, 0) is 16.4 Å². The number of benzene rings is 3. The molecule has 0 aliphatic carbocycles. The van der Waals surface area contributed by atoms with Crippen molar-refractivity contribution in [2.45, 2.75) is 11.3 Å². The average Bonchev–Trinajstić information content (AvgIpc) is 2.62. The number of hydrogen-bond donors (Lipinski definition) is 1. The van der Waals surface area contributed by atoms with Gasteiger partial charge in [0.15, 0.2) is 0 Å². The number of hydrogen-bond acceptors (Lipinski definition) is 3. The van der Waals surface area contributed by atoms with Crippen LogP contribution in [-0.4, -0.2) is 8.42 Å². The summed E-state index contributed by atoms with van der Waals surface area (Å²) in [6.07, 6.45) is 0.729. The van der Waals surface area contributed by atoms with E-state index in [1.807, 2.05) is 54.6 Å². The van der Waals surface area contributed by atoms with Gasteiger partial charge in [-0.25, -0.2) is 8.42 Å². The highest BCUT2D eigenvalue weighted by atomic mass is 32.2. The SMILES string of the molecule is N#Cc1ccc(S(=O)(=O)Nc2cccc(Cc3ccccc3)c2)cc1. The maximum atomic E-state index is 12.5. The topological polar surface area (TPSA) is 70.0 Å². The third-order valence-electron chi connectivity index (χ3n) is 3.72. The smallest absolute Gasteiger partial charge is 0.261 e. The summed E-state index contributed by atoms with van der Waals surface area (Å²) in [4.78, 5) is 0.125. The number of rotatable bonds is 5. The number of sulfonamides is 1. The van der Waals surface area contributed by atoms with Gasteiger partial charge in [0, 0.05) is 5.69 Å². The largest absolute Gasteiger partial charge is 0.280 e. The van der Waals surface area contributed by atoms with E-state index < -0.39 is 10.0 Å². The summed E-state index contributed by atoms with van der Waals surface area (Å²) in [5.74, 6) is 0. The Kier molecular flexibility index (Phi) is 4.82. The lowest BCUT2D eigenvalue weighted by Crippen LogP contribution is -2.13. The first kappa shape index (κ1) is 16.7. The van der Waals surface area contributed by atoms with E-state index in [0.29, 0.717) is 11.3 Å². The van der Waals surface area contributed by atoms with Crippen LogP contribution in [0.3, 0.4) is 0 Å². The van der Waals surface area contributed by atoms with Gasteiger partial charge in [0.25, 0.3) is 10.0 Å². The van der Waals surface area contributed by atoms with Crippen LogP contribution < -0.4 is 4.72 Å². The molecule has 3 aromatic rings. The maximum absolute atomic E-state index is 12.5. The van der Waals surface area contributed by atoms with E-state index in [1.165, 1.54) is 24.3 Å². The molecule has 0 atom stereocenters. The fraction of sp³-hybridized carbons (Fsp3) is 0.0500. The van der Waals surface area contributed by atoms with E-state index in [9.17, 15) is 8.42 Å². The Balaban J connectivity index is 1.80. The first-order valence-corrected chi connectivity index (χ1v) is 9.21. The van der Waals surface area contributed by atoms with Crippen LogP contribution in [0.25, 0.3) is 0 Å². The van der Waals surface area contributed by atoms with E-state index in [1.54, 1.807) is 6.07 Å². The number of anilines is 1. The van der Waals surface area contributed by atoms with Crippen molar-refractivity contribution in [3.05, 3.63) is 95.6 Å². The Morgan fingerprint density at radius 2 is 1.52 bits per heavy atom. The molecule has 0 amide bonds. The molecule has 0 spiro atoms. The summed E-state index contributed by atoms with van der Waals surface area (Å²) in [5.41, 5.74) is 3.11. The predicted molar refractivity (Wildman–Crippen MR) is 97.7 cm³/mol. The monoisotopic (exact) mass is 348 g/mol. The number of nitrogens with zero attached hydrogens (tertiary/aromatic N) is 1. The maximum Gasteiger partial charge on any atom is 0.261 e. The molecule has 0 bridgehead atoms. The van der Waals surface area contributed by atoms with Crippen LogP contribution in [0.5, 0.6) is 0 Å². The Labute approximate surface area is 147 Å². The molecule has 0 fully saturated rings. The zero-order valence-corrected chi connectivity index (χ0v) is 14.2. The second kappa shape index (κ2) is 7.20. The first-order chi connectivity index (χ1) is 12.1. The predicted octanol–water partition coefficient (Wildman–Crippen LogP) is 3.95. The second-order valence-corrected chi connectivity index (χ2v) is 7.29. The molecule has 0 aliphatic rings. The van der Waals surface area contributed by atoms with Crippen molar-refractivity contribution in [2.75, 3.05) is 4.72 Å². The third-order valence-corrected chi connectivity index (χ3v) is 5.12. The molecule has 25 heavy (non-hydrogen) atoms. The summed E-state index contributed by atoms with van der Waals surface area (Å²) in [6, 6.07) is 25.1. The molecular formula is C20H16N2O2S. The first-order valence-electron chi connectivity index (χ1n) is 7.73. The van der Waals surface area contributed by atoms with E-state index in [0.717, 1.165) is 17.5 Å². The fourth-order valence-corrected chi connectivity index (χ4v) is 3.55. The minimum Gasteiger partial charge on any atom is -0.280 e. The highest BCUT2D eigenvalue weighted by Crippen LogP contribution is 2.19. The molecule has 3 aromatic carbocycles. The Morgan fingerprint density at radius 3 is 2.20 bits per heavy atom. The van der Waals surface area contributed by atoms with Crippen molar-refractivity contribution in [3.8, 4) is 6.07 Å². The number of nitrogens with one attached hydrogen (secondary N) is 1. The molecule has 0 aliphatic heterocycles. The fourth-order valence-electron chi connectivity index (χ4n) is 2.50. The summed E-state index contributed by atoms with van der Waals surface area (Å²) in [7, 11) is -3.69. The van der Waals surface area contributed by atoms with Crippen LogP contribution in [0, 0.1) is 11.3 Å². The lowest BCUT2D eigenvalue weighted by molar-refractivity contribution is 0.601. The summed E-state index contributed by atoms with van der Waals surface area (Å²) >= 11 is 0. The highest BCUT2D eigenvalue weighted by Gasteiger charge is 2.14. The average molecular weight is 348 g/mol. The van der Waals surface area contributed by atoms with Crippen molar-refractivity contribution in [1.82, 2.24) is 0 Å². The van der Waals surface area contributed by atoms with E-state index in [4.69, 9.17) is 5.26 Å². The lowest BCUT2D eigenvalue weighted by atomic mass is 10.0.